The first-order valence-corrected chi connectivity index (χ1v) is 5.21. The monoisotopic (exact) mass is 214 g/mol. The van der Waals surface area contributed by atoms with Crippen molar-refractivity contribution in [2.24, 2.45) is 0 Å². The predicted octanol–water partition coefficient (Wildman–Crippen LogP) is 4.06. The molecule has 1 atom stereocenters. The van der Waals surface area contributed by atoms with E-state index in [0.29, 0.717) is 6.42 Å². The maximum atomic E-state index is 12.3. The van der Waals surface area contributed by atoms with Crippen LogP contribution in [-0.4, -0.2) is 6.18 Å². The second-order valence-corrected chi connectivity index (χ2v) is 4.11. The second kappa shape index (κ2) is 3.87. The highest BCUT2D eigenvalue weighted by molar-refractivity contribution is 5.32. The van der Waals surface area contributed by atoms with E-state index in [-0.39, 0.29) is 5.92 Å². The quantitative estimate of drug-likeness (QED) is 0.661. The number of aryl methyl sites for hydroxylation is 1. The van der Waals surface area contributed by atoms with Crippen LogP contribution in [0.15, 0.2) is 24.3 Å². The van der Waals surface area contributed by atoms with Gasteiger partial charge in [-0.25, -0.2) is 0 Å². The number of fused-ring (bicyclic) bond motifs is 1. The van der Waals surface area contributed by atoms with Crippen molar-refractivity contribution in [2.75, 3.05) is 0 Å². The Bertz CT molecular complexity index is 341. The smallest absolute Gasteiger partial charge is 0.171 e. The highest BCUT2D eigenvalue weighted by atomic mass is 19.4. The van der Waals surface area contributed by atoms with Crippen molar-refractivity contribution in [2.45, 2.75) is 37.8 Å². The maximum Gasteiger partial charge on any atom is 0.389 e. The van der Waals surface area contributed by atoms with E-state index >= 15 is 0 Å². The van der Waals surface area contributed by atoms with Crippen molar-refractivity contribution in [3.8, 4) is 0 Å². The zero-order chi connectivity index (χ0) is 10.9. The Morgan fingerprint density at radius 1 is 1.20 bits per heavy atom. The highest BCUT2D eigenvalue weighted by Gasteiger charge is 2.34. The molecule has 0 nitrogen and oxygen atoms in total. The molecule has 1 aromatic rings. The molecule has 15 heavy (non-hydrogen) atoms. The van der Waals surface area contributed by atoms with Crippen molar-refractivity contribution in [3.63, 3.8) is 0 Å². The van der Waals surface area contributed by atoms with Gasteiger partial charge in [-0.3, -0.25) is 0 Å². The Hall–Kier alpha value is -0.990. The van der Waals surface area contributed by atoms with E-state index in [1.807, 2.05) is 24.3 Å². The van der Waals surface area contributed by atoms with Gasteiger partial charge in [-0.2, -0.15) is 13.2 Å². The highest BCUT2D eigenvalue weighted by Crippen LogP contribution is 2.39. The average Bonchev–Trinajstić information content (AvgIpc) is 2.16. The summed E-state index contributed by atoms with van der Waals surface area (Å²) in [6, 6.07) is 7.51. The lowest BCUT2D eigenvalue weighted by atomic mass is 9.81. The molecular formula is C12H13F3. The van der Waals surface area contributed by atoms with Crippen molar-refractivity contribution >= 4 is 0 Å². The topological polar surface area (TPSA) is 0 Å². The number of benzene rings is 1. The van der Waals surface area contributed by atoms with Crippen molar-refractivity contribution in [1.29, 1.82) is 0 Å². The molecule has 0 aromatic heterocycles. The molecule has 1 aliphatic rings. The molecule has 1 unspecified atom stereocenters. The minimum absolute atomic E-state index is 0.324. The van der Waals surface area contributed by atoms with Gasteiger partial charge in [-0.15, -0.1) is 0 Å². The van der Waals surface area contributed by atoms with E-state index in [2.05, 4.69) is 0 Å². The SMILES string of the molecule is FC(F)(F)CC1CCCc2ccccc21. The van der Waals surface area contributed by atoms with E-state index in [0.717, 1.165) is 24.0 Å². The molecule has 0 spiro atoms. The number of hydrogen-bond donors (Lipinski definition) is 0. The molecule has 0 N–H and O–H groups in total. The van der Waals surface area contributed by atoms with Crippen LogP contribution in [0.2, 0.25) is 0 Å². The van der Waals surface area contributed by atoms with Gasteiger partial charge in [0, 0.05) is 0 Å². The van der Waals surface area contributed by atoms with Crippen molar-refractivity contribution < 1.29 is 13.2 Å². The van der Waals surface area contributed by atoms with Gasteiger partial charge in [0.05, 0.1) is 6.42 Å². The van der Waals surface area contributed by atoms with Crippen LogP contribution in [0.3, 0.4) is 0 Å². The van der Waals surface area contributed by atoms with Gasteiger partial charge in [0.1, 0.15) is 0 Å². The molecule has 1 aliphatic carbocycles. The van der Waals surface area contributed by atoms with Crippen LogP contribution in [0.4, 0.5) is 13.2 Å². The van der Waals surface area contributed by atoms with Gasteiger partial charge in [-0.05, 0) is 36.3 Å². The van der Waals surface area contributed by atoms with Crippen LogP contribution < -0.4 is 0 Å². The van der Waals surface area contributed by atoms with E-state index in [1.165, 1.54) is 0 Å². The number of hydrogen-bond acceptors (Lipinski definition) is 0. The first-order chi connectivity index (χ1) is 7.06. The zero-order valence-electron chi connectivity index (χ0n) is 8.35. The first-order valence-electron chi connectivity index (χ1n) is 5.21. The molecule has 0 radical (unpaired) electrons. The molecule has 2 rings (SSSR count). The third-order valence-electron chi connectivity index (χ3n) is 2.97. The molecule has 0 bridgehead atoms. The first kappa shape index (κ1) is 10.5. The van der Waals surface area contributed by atoms with Gasteiger partial charge in [0.15, 0.2) is 0 Å². The maximum absolute atomic E-state index is 12.3. The van der Waals surface area contributed by atoms with Crippen LogP contribution in [0.5, 0.6) is 0 Å². The molecule has 0 saturated carbocycles. The lowest BCUT2D eigenvalue weighted by Crippen LogP contribution is -2.18. The third-order valence-corrected chi connectivity index (χ3v) is 2.97. The lowest BCUT2D eigenvalue weighted by Gasteiger charge is -2.26. The lowest BCUT2D eigenvalue weighted by molar-refractivity contribution is -0.139. The summed E-state index contributed by atoms with van der Waals surface area (Å²) >= 11 is 0. The summed E-state index contributed by atoms with van der Waals surface area (Å²) in [5.41, 5.74) is 2.00. The van der Waals surface area contributed by atoms with Gasteiger partial charge in [-0.1, -0.05) is 24.3 Å². The molecule has 0 heterocycles. The Morgan fingerprint density at radius 3 is 2.67 bits per heavy atom. The van der Waals surface area contributed by atoms with Gasteiger partial charge in [0.2, 0.25) is 0 Å². The normalized spacial score (nSPS) is 21.1. The van der Waals surface area contributed by atoms with E-state index in [4.69, 9.17) is 0 Å². The standard InChI is InChI=1S/C12H13F3/c13-12(14,15)8-10-6-3-5-9-4-1-2-7-11(9)10/h1-2,4,7,10H,3,5-6,8H2. The van der Waals surface area contributed by atoms with Crippen LogP contribution in [-0.2, 0) is 6.42 Å². The van der Waals surface area contributed by atoms with Crippen LogP contribution in [0.25, 0.3) is 0 Å². The number of rotatable bonds is 1. The average molecular weight is 214 g/mol. The van der Waals surface area contributed by atoms with Crippen LogP contribution in [0.1, 0.15) is 36.3 Å². The van der Waals surface area contributed by atoms with Crippen LogP contribution >= 0.6 is 0 Å². The molecule has 1 aromatic carbocycles. The Morgan fingerprint density at radius 2 is 1.93 bits per heavy atom. The summed E-state index contributed by atoms with van der Waals surface area (Å²) < 4.78 is 37.0. The molecule has 0 saturated heterocycles. The molecule has 0 fully saturated rings. The summed E-state index contributed by atoms with van der Waals surface area (Å²) in [6.45, 7) is 0. The third kappa shape index (κ3) is 2.52. The predicted molar refractivity (Wildman–Crippen MR) is 52.8 cm³/mol. The van der Waals surface area contributed by atoms with Crippen molar-refractivity contribution in [1.82, 2.24) is 0 Å². The summed E-state index contributed by atoms with van der Waals surface area (Å²) in [4.78, 5) is 0. The van der Waals surface area contributed by atoms with E-state index in [1.54, 1.807) is 0 Å². The Balaban J connectivity index is 2.22. The summed E-state index contributed by atoms with van der Waals surface area (Å²) in [5.74, 6) is -0.324. The molecule has 0 aliphatic heterocycles. The van der Waals surface area contributed by atoms with Gasteiger partial charge >= 0.3 is 6.18 Å². The molecular weight excluding hydrogens is 201 g/mol. The zero-order valence-corrected chi connectivity index (χ0v) is 8.35. The fourth-order valence-corrected chi connectivity index (χ4v) is 2.35. The summed E-state index contributed by atoms with van der Waals surface area (Å²) in [7, 11) is 0. The number of halogens is 3. The fraction of sp³-hybridized carbons (Fsp3) is 0.500. The van der Waals surface area contributed by atoms with Gasteiger partial charge < -0.3 is 0 Å². The molecule has 0 amide bonds. The fourth-order valence-electron chi connectivity index (χ4n) is 2.35. The summed E-state index contributed by atoms with van der Waals surface area (Å²) in [6.07, 6.45) is -2.27. The Kier molecular flexibility index (Phi) is 2.72. The van der Waals surface area contributed by atoms with Gasteiger partial charge in [0.25, 0.3) is 0 Å². The second-order valence-electron chi connectivity index (χ2n) is 4.11. The van der Waals surface area contributed by atoms with E-state index < -0.39 is 12.6 Å². The largest absolute Gasteiger partial charge is 0.389 e. The minimum atomic E-state index is -4.05. The Labute approximate surface area is 87.1 Å². The van der Waals surface area contributed by atoms with E-state index in [9.17, 15) is 13.2 Å². The summed E-state index contributed by atoms with van der Waals surface area (Å²) in [5, 5.41) is 0. The minimum Gasteiger partial charge on any atom is -0.171 e. The molecule has 82 valence electrons. The molecule has 3 heteroatoms. The van der Waals surface area contributed by atoms with Crippen LogP contribution in [0, 0.1) is 0 Å². The number of alkyl halides is 3. The van der Waals surface area contributed by atoms with Crippen molar-refractivity contribution in [3.05, 3.63) is 35.4 Å².